The molecule has 0 radical (unpaired) electrons. The van der Waals surface area contributed by atoms with Gasteiger partial charge in [-0.2, -0.15) is 0 Å². The van der Waals surface area contributed by atoms with Crippen LogP contribution in [0, 0.1) is 0 Å². The van der Waals surface area contributed by atoms with E-state index in [0.717, 1.165) is 0 Å². The molecule has 112 valence electrons. The Balaban J connectivity index is 2.56. The Morgan fingerprint density at radius 3 is 2.70 bits per heavy atom. The monoisotopic (exact) mass is 281 g/mol. The summed E-state index contributed by atoms with van der Waals surface area (Å²) in [5.74, 6) is 0.544. The Kier molecular flexibility index (Phi) is 7.64. The SMILES string of the molecule is COCCN(CCN)CC(=O)Nc1ccccc1OC. The van der Waals surface area contributed by atoms with Gasteiger partial charge < -0.3 is 20.5 Å². The van der Waals surface area contributed by atoms with Gasteiger partial charge in [-0.1, -0.05) is 12.1 Å². The van der Waals surface area contributed by atoms with Crippen LogP contribution in [0.25, 0.3) is 0 Å². The first-order valence-electron chi connectivity index (χ1n) is 6.55. The van der Waals surface area contributed by atoms with Crippen LogP contribution in [0.3, 0.4) is 0 Å². The summed E-state index contributed by atoms with van der Waals surface area (Å²) in [6.07, 6.45) is 0. The maximum absolute atomic E-state index is 12.0. The average molecular weight is 281 g/mol. The number of nitrogens with one attached hydrogen (secondary N) is 1. The Labute approximate surface area is 119 Å². The zero-order chi connectivity index (χ0) is 14.8. The van der Waals surface area contributed by atoms with Crippen LogP contribution in [0.4, 0.5) is 5.69 Å². The van der Waals surface area contributed by atoms with Gasteiger partial charge in [0.2, 0.25) is 5.91 Å². The molecule has 0 aliphatic carbocycles. The van der Waals surface area contributed by atoms with Gasteiger partial charge in [0.1, 0.15) is 5.75 Å². The zero-order valence-electron chi connectivity index (χ0n) is 12.1. The lowest BCUT2D eigenvalue weighted by Gasteiger charge is -2.20. The van der Waals surface area contributed by atoms with E-state index >= 15 is 0 Å². The summed E-state index contributed by atoms with van der Waals surface area (Å²) in [5, 5.41) is 2.84. The molecule has 0 saturated carbocycles. The number of carbonyl (C=O) groups is 1. The molecule has 3 N–H and O–H groups in total. The molecule has 0 spiro atoms. The van der Waals surface area contributed by atoms with E-state index in [0.29, 0.717) is 37.7 Å². The van der Waals surface area contributed by atoms with Crippen molar-refractivity contribution >= 4 is 11.6 Å². The van der Waals surface area contributed by atoms with Crippen molar-refractivity contribution in [2.24, 2.45) is 5.73 Å². The molecule has 6 heteroatoms. The Morgan fingerprint density at radius 2 is 2.05 bits per heavy atom. The van der Waals surface area contributed by atoms with Crippen molar-refractivity contribution in [2.45, 2.75) is 0 Å². The van der Waals surface area contributed by atoms with Gasteiger partial charge in [0.25, 0.3) is 0 Å². The van der Waals surface area contributed by atoms with Gasteiger partial charge in [0, 0.05) is 26.7 Å². The quantitative estimate of drug-likeness (QED) is 0.691. The summed E-state index contributed by atoms with van der Waals surface area (Å²) in [5.41, 5.74) is 6.21. The number of ether oxygens (including phenoxy) is 2. The van der Waals surface area contributed by atoms with E-state index < -0.39 is 0 Å². The topological polar surface area (TPSA) is 76.8 Å². The second-order valence-corrected chi connectivity index (χ2v) is 4.31. The van der Waals surface area contributed by atoms with Crippen molar-refractivity contribution in [3.8, 4) is 5.75 Å². The molecular weight excluding hydrogens is 258 g/mol. The minimum Gasteiger partial charge on any atom is -0.495 e. The number of rotatable bonds is 9. The third-order valence-corrected chi connectivity index (χ3v) is 2.81. The molecule has 0 aliphatic heterocycles. The maximum atomic E-state index is 12.0. The van der Waals surface area contributed by atoms with E-state index in [2.05, 4.69) is 5.32 Å². The normalized spacial score (nSPS) is 10.6. The first-order valence-corrected chi connectivity index (χ1v) is 6.55. The van der Waals surface area contributed by atoms with Gasteiger partial charge in [-0.05, 0) is 12.1 Å². The van der Waals surface area contributed by atoms with Crippen molar-refractivity contribution in [2.75, 3.05) is 52.3 Å². The Hall–Kier alpha value is -1.63. The molecule has 0 heterocycles. The highest BCUT2D eigenvalue weighted by molar-refractivity contribution is 5.93. The van der Waals surface area contributed by atoms with E-state index in [1.807, 2.05) is 17.0 Å². The van der Waals surface area contributed by atoms with Crippen LogP contribution in [0.1, 0.15) is 0 Å². The summed E-state index contributed by atoms with van der Waals surface area (Å²) >= 11 is 0. The molecule has 1 aromatic rings. The standard InChI is InChI=1S/C14H23N3O3/c1-19-10-9-17(8-7-15)11-14(18)16-12-5-3-4-6-13(12)20-2/h3-6H,7-11,15H2,1-2H3,(H,16,18). The molecule has 0 fully saturated rings. The van der Waals surface area contributed by atoms with Crippen LogP contribution >= 0.6 is 0 Å². The lowest BCUT2D eigenvalue weighted by Crippen LogP contribution is -2.38. The number of amides is 1. The first kappa shape index (κ1) is 16.4. The van der Waals surface area contributed by atoms with Crippen LogP contribution < -0.4 is 15.8 Å². The van der Waals surface area contributed by atoms with Crippen molar-refractivity contribution in [1.82, 2.24) is 4.90 Å². The second kappa shape index (κ2) is 9.30. The smallest absolute Gasteiger partial charge is 0.238 e. The molecule has 0 aliphatic rings. The lowest BCUT2D eigenvalue weighted by molar-refractivity contribution is -0.117. The fraction of sp³-hybridized carbons (Fsp3) is 0.500. The molecule has 0 bridgehead atoms. The molecule has 0 atom stereocenters. The molecule has 0 aromatic heterocycles. The molecule has 6 nitrogen and oxygen atoms in total. The largest absolute Gasteiger partial charge is 0.495 e. The van der Waals surface area contributed by atoms with Crippen LogP contribution in [-0.2, 0) is 9.53 Å². The summed E-state index contributed by atoms with van der Waals surface area (Å²) in [6.45, 7) is 2.68. The maximum Gasteiger partial charge on any atom is 0.238 e. The predicted molar refractivity (Wildman–Crippen MR) is 79.0 cm³/mol. The minimum absolute atomic E-state index is 0.0981. The third-order valence-electron chi connectivity index (χ3n) is 2.81. The number of nitrogens with two attached hydrogens (primary N) is 1. The molecule has 0 unspecified atom stereocenters. The molecule has 0 saturated heterocycles. The number of hydrogen-bond donors (Lipinski definition) is 2. The number of para-hydroxylation sites is 2. The molecular formula is C14H23N3O3. The fourth-order valence-electron chi connectivity index (χ4n) is 1.81. The summed E-state index contributed by atoms with van der Waals surface area (Å²) in [4.78, 5) is 14.0. The number of anilines is 1. The highest BCUT2D eigenvalue weighted by atomic mass is 16.5. The van der Waals surface area contributed by atoms with Gasteiger partial charge in [-0.3, -0.25) is 9.69 Å². The summed E-state index contributed by atoms with van der Waals surface area (Å²) in [7, 11) is 3.21. The van der Waals surface area contributed by atoms with Crippen LogP contribution in [0.5, 0.6) is 5.75 Å². The molecule has 20 heavy (non-hydrogen) atoms. The number of hydrogen-bond acceptors (Lipinski definition) is 5. The van der Waals surface area contributed by atoms with Crippen molar-refractivity contribution in [3.63, 3.8) is 0 Å². The summed E-state index contributed by atoms with van der Waals surface area (Å²) < 4.78 is 10.2. The minimum atomic E-state index is -0.0981. The van der Waals surface area contributed by atoms with E-state index in [1.54, 1.807) is 26.4 Å². The highest BCUT2D eigenvalue weighted by Crippen LogP contribution is 2.22. The van der Waals surface area contributed by atoms with E-state index in [-0.39, 0.29) is 12.5 Å². The van der Waals surface area contributed by atoms with E-state index in [9.17, 15) is 4.79 Å². The number of benzene rings is 1. The van der Waals surface area contributed by atoms with Gasteiger partial charge in [-0.15, -0.1) is 0 Å². The van der Waals surface area contributed by atoms with Crippen molar-refractivity contribution < 1.29 is 14.3 Å². The van der Waals surface area contributed by atoms with E-state index in [4.69, 9.17) is 15.2 Å². The predicted octanol–water partition coefficient (Wildman–Crippen LogP) is 0.541. The van der Waals surface area contributed by atoms with Crippen LogP contribution in [0.15, 0.2) is 24.3 Å². The highest BCUT2D eigenvalue weighted by Gasteiger charge is 2.11. The zero-order valence-corrected chi connectivity index (χ0v) is 12.1. The van der Waals surface area contributed by atoms with Gasteiger partial charge in [0.15, 0.2) is 0 Å². The fourth-order valence-corrected chi connectivity index (χ4v) is 1.81. The summed E-state index contributed by atoms with van der Waals surface area (Å²) in [6, 6.07) is 7.31. The van der Waals surface area contributed by atoms with Gasteiger partial charge in [-0.25, -0.2) is 0 Å². The molecule has 1 rings (SSSR count). The van der Waals surface area contributed by atoms with Gasteiger partial charge >= 0.3 is 0 Å². The van der Waals surface area contributed by atoms with Crippen molar-refractivity contribution in [1.29, 1.82) is 0 Å². The van der Waals surface area contributed by atoms with E-state index in [1.165, 1.54) is 0 Å². The van der Waals surface area contributed by atoms with Gasteiger partial charge in [0.05, 0.1) is 25.9 Å². The molecule has 1 amide bonds. The Morgan fingerprint density at radius 1 is 1.30 bits per heavy atom. The molecule has 1 aromatic carbocycles. The number of methoxy groups -OCH3 is 2. The average Bonchev–Trinajstić information content (AvgIpc) is 2.45. The third kappa shape index (κ3) is 5.56. The Bertz CT molecular complexity index is 412. The second-order valence-electron chi connectivity index (χ2n) is 4.31. The number of carbonyl (C=O) groups excluding carboxylic acids is 1. The van der Waals surface area contributed by atoms with Crippen LogP contribution in [0.2, 0.25) is 0 Å². The first-order chi connectivity index (χ1) is 9.71. The lowest BCUT2D eigenvalue weighted by atomic mass is 10.3. The number of nitrogens with zero attached hydrogens (tertiary/aromatic N) is 1. The van der Waals surface area contributed by atoms with Crippen LogP contribution in [-0.4, -0.2) is 57.8 Å². The van der Waals surface area contributed by atoms with Crippen molar-refractivity contribution in [3.05, 3.63) is 24.3 Å².